The Hall–Kier alpha value is -2.76. The maximum Gasteiger partial charge on any atom is 0.228 e. The fraction of sp³-hybridized carbons (Fsp3) is 0.188. The number of rotatable bonds is 3. The van der Waals surface area contributed by atoms with Crippen LogP contribution in [0.3, 0.4) is 0 Å². The van der Waals surface area contributed by atoms with Crippen LogP contribution in [0.2, 0.25) is 0 Å². The highest BCUT2D eigenvalue weighted by Gasteiger charge is 2.09. The predicted octanol–water partition coefficient (Wildman–Crippen LogP) is 2.60. The van der Waals surface area contributed by atoms with E-state index in [0.717, 1.165) is 22.3 Å². The van der Waals surface area contributed by atoms with Crippen LogP contribution in [0.25, 0.3) is 11.0 Å². The lowest BCUT2D eigenvalue weighted by Gasteiger charge is -2.05. The molecule has 0 bridgehead atoms. The van der Waals surface area contributed by atoms with Crippen molar-refractivity contribution in [3.05, 3.63) is 53.6 Å². The van der Waals surface area contributed by atoms with Crippen LogP contribution >= 0.6 is 0 Å². The van der Waals surface area contributed by atoms with Crippen LogP contribution in [0, 0.1) is 12.7 Å². The molecule has 112 valence electrons. The first-order valence-corrected chi connectivity index (χ1v) is 6.86. The Labute approximate surface area is 126 Å². The lowest BCUT2D eigenvalue weighted by Crippen LogP contribution is -2.14. The third kappa shape index (κ3) is 2.81. The van der Waals surface area contributed by atoms with E-state index in [0.29, 0.717) is 5.69 Å². The lowest BCUT2D eigenvalue weighted by atomic mass is 10.1. The molecule has 3 rings (SSSR count). The number of amides is 1. The van der Waals surface area contributed by atoms with Gasteiger partial charge in [-0.3, -0.25) is 9.48 Å². The number of nitrogens with one attached hydrogen (secondary N) is 1. The van der Waals surface area contributed by atoms with E-state index in [-0.39, 0.29) is 18.1 Å². The molecular weight excluding hydrogens is 283 g/mol. The summed E-state index contributed by atoms with van der Waals surface area (Å²) in [5.41, 5.74) is 3.01. The molecule has 0 aliphatic heterocycles. The van der Waals surface area contributed by atoms with E-state index in [1.165, 1.54) is 12.1 Å². The van der Waals surface area contributed by atoms with E-state index in [1.807, 2.05) is 20.0 Å². The van der Waals surface area contributed by atoms with Crippen molar-refractivity contribution in [2.75, 3.05) is 5.32 Å². The smallest absolute Gasteiger partial charge is 0.228 e. The van der Waals surface area contributed by atoms with E-state index in [1.54, 1.807) is 23.0 Å². The van der Waals surface area contributed by atoms with Crippen molar-refractivity contribution in [1.29, 1.82) is 0 Å². The molecule has 0 aliphatic rings. The predicted molar refractivity (Wildman–Crippen MR) is 82.0 cm³/mol. The number of aromatic nitrogens is 3. The van der Waals surface area contributed by atoms with Gasteiger partial charge in [0.2, 0.25) is 5.91 Å². The summed E-state index contributed by atoms with van der Waals surface area (Å²) < 4.78 is 14.5. The van der Waals surface area contributed by atoms with Crippen LogP contribution in [0.1, 0.15) is 11.3 Å². The molecule has 0 radical (unpaired) electrons. The molecule has 0 spiro atoms. The maximum atomic E-state index is 12.8. The molecule has 2 heterocycles. The number of hydrogen-bond donors (Lipinski definition) is 1. The Morgan fingerprint density at radius 2 is 2.05 bits per heavy atom. The van der Waals surface area contributed by atoms with E-state index >= 15 is 0 Å². The molecule has 0 unspecified atom stereocenters. The number of anilines is 1. The zero-order chi connectivity index (χ0) is 15.7. The second-order valence-electron chi connectivity index (χ2n) is 5.16. The average molecular weight is 298 g/mol. The van der Waals surface area contributed by atoms with E-state index in [2.05, 4.69) is 15.4 Å². The number of pyridine rings is 1. The Balaban J connectivity index is 1.76. The van der Waals surface area contributed by atoms with Crippen LogP contribution < -0.4 is 5.32 Å². The summed E-state index contributed by atoms with van der Waals surface area (Å²) in [5.74, 6) is -0.486. The van der Waals surface area contributed by atoms with Gasteiger partial charge >= 0.3 is 0 Å². The van der Waals surface area contributed by atoms with E-state index < -0.39 is 0 Å². The highest BCUT2D eigenvalue weighted by atomic mass is 19.1. The quantitative estimate of drug-likeness (QED) is 0.808. The van der Waals surface area contributed by atoms with Crippen molar-refractivity contribution in [3.8, 4) is 0 Å². The normalized spacial score (nSPS) is 10.9. The number of benzene rings is 1. The van der Waals surface area contributed by atoms with Gasteiger partial charge in [0, 0.05) is 12.4 Å². The molecule has 0 saturated carbocycles. The fourth-order valence-corrected chi connectivity index (χ4v) is 2.37. The first-order valence-electron chi connectivity index (χ1n) is 6.86. The Bertz CT molecular complexity index is 839. The number of aryl methyl sites for hydroxylation is 2. The molecule has 0 atom stereocenters. The van der Waals surface area contributed by atoms with Crippen molar-refractivity contribution in [2.24, 2.45) is 7.05 Å². The fourth-order valence-electron chi connectivity index (χ4n) is 2.37. The summed E-state index contributed by atoms with van der Waals surface area (Å²) in [7, 11) is 1.83. The monoisotopic (exact) mass is 298 g/mol. The average Bonchev–Trinajstić information content (AvgIpc) is 2.76. The van der Waals surface area contributed by atoms with Gasteiger partial charge in [-0.2, -0.15) is 5.10 Å². The van der Waals surface area contributed by atoms with Gasteiger partial charge in [-0.25, -0.2) is 9.37 Å². The molecule has 1 aromatic carbocycles. The Kier molecular flexibility index (Phi) is 3.58. The second-order valence-corrected chi connectivity index (χ2v) is 5.16. The molecule has 1 N–H and O–H groups in total. The number of carbonyl (C=O) groups excluding carboxylic acids is 1. The summed E-state index contributed by atoms with van der Waals surface area (Å²) in [4.78, 5) is 16.3. The highest BCUT2D eigenvalue weighted by Crippen LogP contribution is 2.19. The van der Waals surface area contributed by atoms with Crippen molar-refractivity contribution >= 4 is 22.6 Å². The van der Waals surface area contributed by atoms with Gasteiger partial charge in [0.25, 0.3) is 0 Å². The van der Waals surface area contributed by atoms with Crippen molar-refractivity contribution in [2.45, 2.75) is 13.3 Å². The van der Waals surface area contributed by atoms with Crippen LogP contribution in [-0.2, 0) is 18.3 Å². The van der Waals surface area contributed by atoms with E-state index in [9.17, 15) is 9.18 Å². The first-order chi connectivity index (χ1) is 10.5. The molecule has 3 aromatic rings. The molecule has 6 heteroatoms. The Morgan fingerprint density at radius 1 is 1.32 bits per heavy atom. The number of nitrogens with zero attached hydrogens (tertiary/aromatic N) is 3. The summed E-state index contributed by atoms with van der Waals surface area (Å²) in [6.45, 7) is 1.90. The minimum Gasteiger partial charge on any atom is -0.324 e. The van der Waals surface area contributed by atoms with Crippen LogP contribution in [0.5, 0.6) is 0 Å². The molecular formula is C16H15FN4O. The summed E-state index contributed by atoms with van der Waals surface area (Å²) >= 11 is 0. The minimum absolute atomic E-state index is 0.172. The molecule has 22 heavy (non-hydrogen) atoms. The van der Waals surface area contributed by atoms with Crippen molar-refractivity contribution in [1.82, 2.24) is 14.8 Å². The van der Waals surface area contributed by atoms with Crippen LogP contribution in [-0.4, -0.2) is 20.7 Å². The van der Waals surface area contributed by atoms with E-state index in [4.69, 9.17) is 0 Å². The van der Waals surface area contributed by atoms with Gasteiger partial charge in [-0.1, -0.05) is 12.1 Å². The zero-order valence-corrected chi connectivity index (χ0v) is 12.3. The Morgan fingerprint density at radius 3 is 2.77 bits per heavy atom. The maximum absolute atomic E-state index is 12.8. The topological polar surface area (TPSA) is 59.8 Å². The van der Waals surface area contributed by atoms with Gasteiger partial charge in [-0.15, -0.1) is 0 Å². The number of hydrogen-bond acceptors (Lipinski definition) is 3. The number of carbonyl (C=O) groups is 1. The molecule has 1 amide bonds. The van der Waals surface area contributed by atoms with Gasteiger partial charge in [0.05, 0.1) is 24.0 Å². The summed E-state index contributed by atoms with van der Waals surface area (Å²) in [6, 6.07) is 7.74. The second kappa shape index (κ2) is 5.55. The summed E-state index contributed by atoms with van der Waals surface area (Å²) in [6.07, 6.45) is 1.79. The van der Waals surface area contributed by atoms with Crippen molar-refractivity contribution in [3.63, 3.8) is 0 Å². The first kappa shape index (κ1) is 14.2. The largest absolute Gasteiger partial charge is 0.324 e. The molecule has 0 saturated heterocycles. The molecule has 2 aromatic heterocycles. The number of fused-ring (bicyclic) bond motifs is 1. The minimum atomic E-state index is -0.314. The zero-order valence-electron chi connectivity index (χ0n) is 12.3. The third-order valence-corrected chi connectivity index (χ3v) is 3.42. The molecule has 0 aliphatic carbocycles. The highest BCUT2D eigenvalue weighted by molar-refractivity contribution is 5.94. The third-order valence-electron chi connectivity index (χ3n) is 3.42. The SMILES string of the molecule is Cc1nn(C)c2ncc(NC(=O)Cc3ccc(F)cc3)cc12. The molecule has 0 fully saturated rings. The van der Waals surface area contributed by atoms with Gasteiger partial charge < -0.3 is 5.32 Å². The van der Waals surface area contributed by atoms with Gasteiger partial charge in [0.1, 0.15) is 5.82 Å². The van der Waals surface area contributed by atoms with Gasteiger partial charge in [0.15, 0.2) is 5.65 Å². The van der Waals surface area contributed by atoms with Crippen molar-refractivity contribution < 1.29 is 9.18 Å². The number of halogens is 1. The molecule has 5 nitrogen and oxygen atoms in total. The standard InChI is InChI=1S/C16H15FN4O/c1-10-14-8-13(9-18-16(14)21(2)20-10)19-15(22)7-11-3-5-12(17)6-4-11/h3-6,8-9H,7H2,1-2H3,(H,19,22). The van der Waals surface area contributed by atoms with Gasteiger partial charge in [-0.05, 0) is 30.7 Å². The summed E-state index contributed by atoms with van der Waals surface area (Å²) in [5, 5.41) is 8.00. The lowest BCUT2D eigenvalue weighted by molar-refractivity contribution is -0.115. The van der Waals surface area contributed by atoms with Crippen LogP contribution in [0.15, 0.2) is 36.5 Å². The van der Waals surface area contributed by atoms with Crippen LogP contribution in [0.4, 0.5) is 10.1 Å².